The topological polar surface area (TPSA) is 55.1 Å². The van der Waals surface area contributed by atoms with Crippen LogP contribution >= 0.6 is 15.9 Å². The number of nitrogens with two attached hydrogens (primary N) is 1. The first-order chi connectivity index (χ1) is 6.18. The number of rotatable bonds is 4. The van der Waals surface area contributed by atoms with Gasteiger partial charge in [0.2, 0.25) is 0 Å². The maximum atomic E-state index is 10.9. The molecule has 3 N–H and O–H groups in total. The molecular formula is C8H17BrN3O+. The maximum absolute atomic E-state index is 10.9. The summed E-state index contributed by atoms with van der Waals surface area (Å²) in [4.78, 5) is 10.9. The lowest BCUT2D eigenvalue weighted by atomic mass is 10.2. The predicted molar refractivity (Wildman–Crippen MR) is 55.6 cm³/mol. The van der Waals surface area contributed by atoms with Crippen molar-refractivity contribution in [3.05, 3.63) is 0 Å². The molecule has 1 amide bonds. The highest BCUT2D eigenvalue weighted by molar-refractivity contribution is 9.09. The quantitative estimate of drug-likeness (QED) is 0.512. The second-order valence-corrected chi connectivity index (χ2v) is 4.37. The van der Waals surface area contributed by atoms with Crippen LogP contribution in [0.3, 0.4) is 0 Å². The SMILES string of the molecule is NC(=O)C[N+]1(CCBr)CCNCC1. The summed E-state index contributed by atoms with van der Waals surface area (Å²) in [7, 11) is 0. The summed E-state index contributed by atoms with van der Waals surface area (Å²) >= 11 is 3.42. The second kappa shape index (κ2) is 4.93. The van der Waals surface area contributed by atoms with Gasteiger partial charge < -0.3 is 15.5 Å². The minimum Gasteiger partial charge on any atom is -0.365 e. The minimum atomic E-state index is -0.192. The first-order valence-corrected chi connectivity index (χ1v) is 5.71. The van der Waals surface area contributed by atoms with E-state index in [9.17, 15) is 4.79 Å². The normalized spacial score (nSPS) is 21.3. The molecule has 1 saturated heterocycles. The molecule has 5 heteroatoms. The molecule has 1 rings (SSSR count). The van der Waals surface area contributed by atoms with Crippen molar-refractivity contribution in [3.63, 3.8) is 0 Å². The van der Waals surface area contributed by atoms with Gasteiger partial charge in [-0.3, -0.25) is 4.79 Å². The van der Waals surface area contributed by atoms with Crippen LogP contribution in [-0.4, -0.2) is 55.0 Å². The van der Waals surface area contributed by atoms with Gasteiger partial charge in [0.1, 0.15) is 0 Å². The number of alkyl halides is 1. The molecule has 0 aromatic heterocycles. The maximum Gasteiger partial charge on any atom is 0.272 e. The lowest BCUT2D eigenvalue weighted by Gasteiger charge is -2.40. The summed E-state index contributed by atoms with van der Waals surface area (Å²) in [5, 5.41) is 4.22. The molecule has 4 nitrogen and oxygen atoms in total. The number of quaternary nitrogens is 1. The van der Waals surface area contributed by atoms with Gasteiger partial charge in [0.25, 0.3) is 5.91 Å². The Labute approximate surface area is 87.2 Å². The highest BCUT2D eigenvalue weighted by Crippen LogP contribution is 2.09. The van der Waals surface area contributed by atoms with Crippen molar-refractivity contribution >= 4 is 21.8 Å². The lowest BCUT2D eigenvalue weighted by Crippen LogP contribution is -2.61. The molecule has 1 aliphatic heterocycles. The van der Waals surface area contributed by atoms with Gasteiger partial charge in [-0.25, -0.2) is 0 Å². The molecule has 13 heavy (non-hydrogen) atoms. The third-order valence-electron chi connectivity index (χ3n) is 2.58. The number of nitrogens with one attached hydrogen (secondary N) is 1. The molecular weight excluding hydrogens is 234 g/mol. The van der Waals surface area contributed by atoms with E-state index in [1.807, 2.05) is 0 Å². The van der Waals surface area contributed by atoms with Crippen LogP contribution in [0.2, 0.25) is 0 Å². The first-order valence-electron chi connectivity index (χ1n) is 4.59. The smallest absolute Gasteiger partial charge is 0.272 e. The monoisotopic (exact) mass is 250 g/mol. The number of halogens is 1. The Morgan fingerprint density at radius 3 is 2.54 bits per heavy atom. The molecule has 0 spiro atoms. The third kappa shape index (κ3) is 3.25. The Kier molecular flexibility index (Phi) is 4.15. The number of piperazine rings is 1. The number of carbonyl (C=O) groups is 1. The summed E-state index contributed by atoms with van der Waals surface area (Å²) < 4.78 is 0.841. The molecule has 1 heterocycles. The van der Waals surface area contributed by atoms with E-state index in [-0.39, 0.29) is 5.91 Å². The van der Waals surface area contributed by atoms with Crippen LogP contribution in [0.4, 0.5) is 0 Å². The van der Waals surface area contributed by atoms with E-state index in [4.69, 9.17) is 5.73 Å². The minimum absolute atomic E-state index is 0.192. The van der Waals surface area contributed by atoms with E-state index in [0.29, 0.717) is 6.54 Å². The van der Waals surface area contributed by atoms with Gasteiger partial charge in [0, 0.05) is 13.1 Å². The summed E-state index contributed by atoms with van der Waals surface area (Å²) in [5.41, 5.74) is 5.25. The molecule has 76 valence electrons. The van der Waals surface area contributed by atoms with Gasteiger partial charge in [-0.1, -0.05) is 15.9 Å². The Morgan fingerprint density at radius 2 is 2.08 bits per heavy atom. The largest absolute Gasteiger partial charge is 0.365 e. The average molecular weight is 251 g/mol. The van der Waals surface area contributed by atoms with Crippen molar-refractivity contribution in [2.75, 3.05) is 44.6 Å². The van der Waals surface area contributed by atoms with Crippen LogP contribution in [0.1, 0.15) is 0 Å². The van der Waals surface area contributed by atoms with Crippen molar-refractivity contribution in [2.45, 2.75) is 0 Å². The highest BCUT2D eigenvalue weighted by atomic mass is 79.9. The van der Waals surface area contributed by atoms with E-state index in [0.717, 1.165) is 42.5 Å². The van der Waals surface area contributed by atoms with Crippen LogP contribution in [-0.2, 0) is 4.79 Å². The number of hydrogen-bond acceptors (Lipinski definition) is 2. The molecule has 0 atom stereocenters. The van der Waals surface area contributed by atoms with Gasteiger partial charge in [-0.2, -0.15) is 0 Å². The molecule has 0 aromatic rings. The lowest BCUT2D eigenvalue weighted by molar-refractivity contribution is -0.919. The fourth-order valence-electron chi connectivity index (χ4n) is 1.84. The zero-order valence-electron chi connectivity index (χ0n) is 7.76. The van der Waals surface area contributed by atoms with Gasteiger partial charge in [0.15, 0.2) is 6.54 Å². The van der Waals surface area contributed by atoms with E-state index in [1.165, 1.54) is 0 Å². The van der Waals surface area contributed by atoms with Crippen LogP contribution in [0.5, 0.6) is 0 Å². The summed E-state index contributed by atoms with van der Waals surface area (Å²) in [6.07, 6.45) is 0. The molecule has 0 aliphatic carbocycles. The number of nitrogens with zero attached hydrogens (tertiary/aromatic N) is 1. The predicted octanol–water partition coefficient (Wildman–Crippen LogP) is -0.713. The van der Waals surface area contributed by atoms with E-state index in [2.05, 4.69) is 21.2 Å². The molecule has 0 radical (unpaired) electrons. The highest BCUT2D eigenvalue weighted by Gasteiger charge is 2.30. The van der Waals surface area contributed by atoms with E-state index in [1.54, 1.807) is 0 Å². The first kappa shape index (κ1) is 10.9. The van der Waals surface area contributed by atoms with Crippen molar-refractivity contribution in [3.8, 4) is 0 Å². The van der Waals surface area contributed by atoms with Crippen molar-refractivity contribution in [1.82, 2.24) is 5.32 Å². The standard InChI is InChI=1S/C8H16BrN3O/c9-1-4-12(7-8(10)13)5-2-11-3-6-12/h11H,1-7H2,(H-,10,13)/p+1. The van der Waals surface area contributed by atoms with Crippen molar-refractivity contribution in [2.24, 2.45) is 5.73 Å². The zero-order chi connectivity index (χ0) is 9.73. The summed E-state index contributed by atoms with van der Waals surface area (Å²) in [5.74, 6) is -0.192. The Bertz CT molecular complexity index is 175. The van der Waals surface area contributed by atoms with Crippen molar-refractivity contribution in [1.29, 1.82) is 0 Å². The van der Waals surface area contributed by atoms with Crippen molar-refractivity contribution < 1.29 is 9.28 Å². The number of amides is 1. The fourth-order valence-corrected chi connectivity index (χ4v) is 2.59. The van der Waals surface area contributed by atoms with Crippen LogP contribution in [0.25, 0.3) is 0 Å². The second-order valence-electron chi connectivity index (χ2n) is 3.58. The molecule has 0 aromatic carbocycles. The third-order valence-corrected chi connectivity index (χ3v) is 2.93. The van der Waals surface area contributed by atoms with Crippen LogP contribution < -0.4 is 11.1 Å². The Balaban J connectivity index is 2.55. The molecule has 0 bridgehead atoms. The summed E-state index contributed by atoms with van der Waals surface area (Å²) in [6.45, 7) is 5.46. The average Bonchev–Trinajstić information content (AvgIpc) is 2.04. The van der Waals surface area contributed by atoms with Gasteiger partial charge >= 0.3 is 0 Å². The van der Waals surface area contributed by atoms with Crippen LogP contribution in [0, 0.1) is 0 Å². The van der Waals surface area contributed by atoms with E-state index >= 15 is 0 Å². The number of primary amides is 1. The van der Waals surface area contributed by atoms with Gasteiger partial charge in [-0.05, 0) is 0 Å². The zero-order valence-corrected chi connectivity index (χ0v) is 9.35. The number of carbonyl (C=O) groups excluding carboxylic acids is 1. The molecule has 0 saturated carbocycles. The van der Waals surface area contributed by atoms with Crippen LogP contribution in [0.15, 0.2) is 0 Å². The molecule has 0 unspecified atom stereocenters. The van der Waals surface area contributed by atoms with Gasteiger partial charge in [-0.15, -0.1) is 0 Å². The molecule has 1 fully saturated rings. The number of hydrogen-bond donors (Lipinski definition) is 2. The fraction of sp³-hybridized carbons (Fsp3) is 0.875. The Morgan fingerprint density at radius 1 is 1.46 bits per heavy atom. The Hall–Kier alpha value is -0.130. The molecule has 1 aliphatic rings. The summed E-state index contributed by atoms with van der Waals surface area (Å²) in [6, 6.07) is 0. The van der Waals surface area contributed by atoms with E-state index < -0.39 is 0 Å². The van der Waals surface area contributed by atoms with Gasteiger partial charge in [0.05, 0.1) is 25.0 Å².